The van der Waals surface area contributed by atoms with Crippen LogP contribution in [0.4, 0.5) is 5.82 Å². The Kier molecular flexibility index (Phi) is 2.92. The molecule has 1 aliphatic carbocycles. The topological polar surface area (TPSA) is 37.8 Å². The lowest BCUT2D eigenvalue weighted by Gasteiger charge is -2.06. The molecule has 0 aromatic carbocycles. The van der Waals surface area contributed by atoms with Crippen LogP contribution in [0.25, 0.3) is 10.2 Å². The lowest BCUT2D eigenvalue weighted by Crippen LogP contribution is -2.03. The number of anilines is 1. The molecule has 0 spiro atoms. The largest absolute Gasteiger partial charge is 0.369 e. The Bertz CT molecular complexity index is 564. The van der Waals surface area contributed by atoms with Crippen LogP contribution in [0.3, 0.4) is 0 Å². The van der Waals surface area contributed by atoms with Crippen molar-refractivity contribution in [3.63, 3.8) is 0 Å². The van der Waals surface area contributed by atoms with Crippen LogP contribution in [0.1, 0.15) is 30.2 Å². The van der Waals surface area contributed by atoms with E-state index in [4.69, 9.17) is 11.6 Å². The average Bonchev–Trinajstić information content (AvgIpc) is 2.84. The van der Waals surface area contributed by atoms with E-state index in [1.165, 1.54) is 28.7 Å². The summed E-state index contributed by atoms with van der Waals surface area (Å²) in [6.07, 6.45) is 4.67. The molecular weight excluding hydrogens is 254 g/mol. The molecule has 0 bridgehead atoms. The quantitative estimate of drug-likeness (QED) is 0.863. The van der Waals surface area contributed by atoms with Crippen LogP contribution in [-0.2, 0) is 12.8 Å². The van der Waals surface area contributed by atoms with Gasteiger partial charge in [0, 0.05) is 11.4 Å². The first kappa shape index (κ1) is 11.2. The number of nitrogens with zero attached hydrogens (tertiary/aromatic N) is 2. The highest BCUT2D eigenvalue weighted by atomic mass is 35.5. The van der Waals surface area contributed by atoms with E-state index < -0.39 is 0 Å². The maximum absolute atomic E-state index is 5.97. The molecule has 0 radical (unpaired) electrons. The van der Waals surface area contributed by atoms with Gasteiger partial charge in [-0.15, -0.1) is 11.3 Å². The molecule has 0 unspecified atom stereocenters. The van der Waals surface area contributed by atoms with Gasteiger partial charge in [-0.1, -0.05) is 6.92 Å². The standard InChI is InChI=1S/C12H14ClN3S/c1-2-6-14-10-9-7-4-3-5-8(7)17-11(9)16-12(13)15-10/h2-6H2,1H3,(H,14,15,16). The number of hydrogen-bond acceptors (Lipinski definition) is 4. The van der Waals surface area contributed by atoms with Crippen molar-refractivity contribution in [3.05, 3.63) is 15.7 Å². The van der Waals surface area contributed by atoms with Crippen molar-refractivity contribution in [1.29, 1.82) is 0 Å². The number of hydrogen-bond donors (Lipinski definition) is 1. The molecular formula is C12H14ClN3S. The van der Waals surface area contributed by atoms with Crippen molar-refractivity contribution >= 4 is 39.0 Å². The number of thiophene rings is 1. The zero-order chi connectivity index (χ0) is 11.8. The normalized spacial score (nSPS) is 14.2. The van der Waals surface area contributed by atoms with Gasteiger partial charge in [-0.2, -0.15) is 0 Å². The minimum Gasteiger partial charge on any atom is -0.369 e. The zero-order valence-electron chi connectivity index (χ0n) is 9.72. The fourth-order valence-corrected chi connectivity index (χ4v) is 3.82. The smallest absolute Gasteiger partial charge is 0.225 e. The molecule has 0 aliphatic heterocycles. The number of halogens is 1. The second kappa shape index (κ2) is 4.42. The van der Waals surface area contributed by atoms with Crippen LogP contribution in [0, 0.1) is 0 Å². The highest BCUT2D eigenvalue weighted by Gasteiger charge is 2.21. The second-order valence-corrected chi connectivity index (χ2v) is 5.73. The van der Waals surface area contributed by atoms with Crippen LogP contribution in [0.5, 0.6) is 0 Å². The molecule has 2 heterocycles. The van der Waals surface area contributed by atoms with Gasteiger partial charge in [-0.25, -0.2) is 9.97 Å². The van der Waals surface area contributed by atoms with Gasteiger partial charge >= 0.3 is 0 Å². The molecule has 0 fully saturated rings. The van der Waals surface area contributed by atoms with Crippen LogP contribution in [-0.4, -0.2) is 16.5 Å². The van der Waals surface area contributed by atoms with Crippen molar-refractivity contribution in [2.75, 3.05) is 11.9 Å². The Hall–Kier alpha value is -0.870. The third-order valence-electron chi connectivity index (χ3n) is 3.08. The SMILES string of the molecule is CCCNc1nc(Cl)nc2sc3c(c12)CCC3. The molecule has 5 heteroatoms. The van der Waals surface area contributed by atoms with E-state index in [1.54, 1.807) is 11.3 Å². The Morgan fingerprint density at radius 2 is 2.24 bits per heavy atom. The van der Waals surface area contributed by atoms with Gasteiger partial charge < -0.3 is 5.32 Å². The Morgan fingerprint density at radius 3 is 3.06 bits per heavy atom. The molecule has 17 heavy (non-hydrogen) atoms. The van der Waals surface area contributed by atoms with Gasteiger partial charge in [-0.05, 0) is 42.8 Å². The summed E-state index contributed by atoms with van der Waals surface area (Å²) < 4.78 is 0. The molecule has 0 saturated heterocycles. The van der Waals surface area contributed by atoms with Crippen LogP contribution < -0.4 is 5.32 Å². The maximum atomic E-state index is 5.97. The number of nitrogens with one attached hydrogen (secondary N) is 1. The second-order valence-electron chi connectivity index (χ2n) is 4.31. The minimum absolute atomic E-state index is 0.344. The molecule has 3 rings (SSSR count). The monoisotopic (exact) mass is 267 g/mol. The summed E-state index contributed by atoms with van der Waals surface area (Å²) >= 11 is 7.74. The molecule has 0 amide bonds. The molecule has 2 aromatic rings. The summed E-state index contributed by atoms with van der Waals surface area (Å²) in [6, 6.07) is 0. The number of fused-ring (bicyclic) bond motifs is 3. The fourth-order valence-electron chi connectivity index (χ4n) is 2.34. The van der Waals surface area contributed by atoms with E-state index in [1.807, 2.05) is 0 Å². The van der Waals surface area contributed by atoms with Crippen LogP contribution >= 0.6 is 22.9 Å². The molecule has 3 nitrogen and oxygen atoms in total. The van der Waals surface area contributed by atoms with Crippen molar-refractivity contribution < 1.29 is 0 Å². The van der Waals surface area contributed by atoms with Crippen molar-refractivity contribution in [2.24, 2.45) is 0 Å². The molecule has 1 N–H and O–H groups in total. The summed E-state index contributed by atoms with van der Waals surface area (Å²) in [6.45, 7) is 3.07. The van der Waals surface area contributed by atoms with Crippen LogP contribution in [0.2, 0.25) is 5.28 Å². The summed E-state index contributed by atoms with van der Waals surface area (Å²) in [4.78, 5) is 11.2. The first-order valence-electron chi connectivity index (χ1n) is 6.01. The molecule has 1 aliphatic rings. The number of aryl methyl sites for hydroxylation is 2. The summed E-state index contributed by atoms with van der Waals surface area (Å²) in [5, 5.41) is 4.92. The van der Waals surface area contributed by atoms with Gasteiger partial charge in [0.2, 0.25) is 5.28 Å². The Labute approximate surface area is 109 Å². The maximum Gasteiger partial charge on any atom is 0.225 e. The molecule has 0 saturated carbocycles. The van der Waals surface area contributed by atoms with E-state index in [0.717, 1.165) is 30.0 Å². The van der Waals surface area contributed by atoms with E-state index in [-0.39, 0.29) is 0 Å². The van der Waals surface area contributed by atoms with E-state index in [9.17, 15) is 0 Å². The number of aromatic nitrogens is 2. The third kappa shape index (κ3) is 1.89. The molecule has 2 aromatic heterocycles. The predicted molar refractivity (Wildman–Crippen MR) is 73.2 cm³/mol. The highest BCUT2D eigenvalue weighted by molar-refractivity contribution is 7.19. The van der Waals surface area contributed by atoms with Crippen molar-refractivity contribution in [2.45, 2.75) is 32.6 Å². The summed E-state index contributed by atoms with van der Waals surface area (Å²) in [5.74, 6) is 0.918. The number of rotatable bonds is 3. The van der Waals surface area contributed by atoms with Gasteiger partial charge in [0.1, 0.15) is 10.6 Å². The lowest BCUT2D eigenvalue weighted by atomic mass is 10.2. The molecule has 0 atom stereocenters. The fraction of sp³-hybridized carbons (Fsp3) is 0.500. The Balaban J connectivity index is 2.17. The Morgan fingerprint density at radius 1 is 1.35 bits per heavy atom. The summed E-state index contributed by atoms with van der Waals surface area (Å²) in [5.41, 5.74) is 1.44. The van der Waals surface area contributed by atoms with E-state index >= 15 is 0 Å². The van der Waals surface area contributed by atoms with E-state index in [2.05, 4.69) is 22.2 Å². The first-order chi connectivity index (χ1) is 8.29. The van der Waals surface area contributed by atoms with Gasteiger partial charge in [0.05, 0.1) is 5.39 Å². The summed E-state index contributed by atoms with van der Waals surface area (Å²) in [7, 11) is 0. The predicted octanol–water partition coefficient (Wildman–Crippen LogP) is 3.66. The lowest BCUT2D eigenvalue weighted by molar-refractivity contribution is 0.916. The van der Waals surface area contributed by atoms with Gasteiger partial charge in [0.25, 0.3) is 0 Å². The van der Waals surface area contributed by atoms with E-state index in [0.29, 0.717) is 5.28 Å². The highest BCUT2D eigenvalue weighted by Crippen LogP contribution is 2.39. The third-order valence-corrected chi connectivity index (χ3v) is 4.43. The minimum atomic E-state index is 0.344. The van der Waals surface area contributed by atoms with Gasteiger partial charge in [0.15, 0.2) is 0 Å². The van der Waals surface area contributed by atoms with Gasteiger partial charge in [-0.3, -0.25) is 0 Å². The van der Waals surface area contributed by atoms with Crippen molar-refractivity contribution in [1.82, 2.24) is 9.97 Å². The molecule has 90 valence electrons. The first-order valence-corrected chi connectivity index (χ1v) is 7.20. The van der Waals surface area contributed by atoms with Crippen LogP contribution in [0.15, 0.2) is 0 Å². The van der Waals surface area contributed by atoms with Crippen molar-refractivity contribution in [3.8, 4) is 0 Å². The zero-order valence-corrected chi connectivity index (χ0v) is 11.3. The average molecular weight is 268 g/mol.